The molecule has 2 rings (SSSR count). The molecule has 0 aliphatic carbocycles. The SMILES string of the molecule is CC1(C)OB(c2cncc(S(N)(=O)=O)c2N)OC1(C)C. The Balaban J connectivity index is 2.47. The van der Waals surface area contributed by atoms with Crippen LogP contribution in [0.15, 0.2) is 17.3 Å². The lowest BCUT2D eigenvalue weighted by atomic mass is 9.79. The van der Waals surface area contributed by atoms with Crippen molar-refractivity contribution in [1.82, 2.24) is 4.98 Å². The number of pyridine rings is 1. The van der Waals surface area contributed by atoms with Gasteiger partial charge in [-0.1, -0.05) is 0 Å². The van der Waals surface area contributed by atoms with Crippen molar-refractivity contribution in [3.8, 4) is 0 Å². The van der Waals surface area contributed by atoms with Crippen LogP contribution in [0.2, 0.25) is 0 Å². The number of nitrogens with zero attached hydrogens (tertiary/aromatic N) is 1. The summed E-state index contributed by atoms with van der Waals surface area (Å²) in [5, 5.41) is 5.10. The van der Waals surface area contributed by atoms with Crippen LogP contribution in [0, 0.1) is 0 Å². The molecule has 1 aromatic heterocycles. The number of anilines is 1. The molecule has 0 saturated carbocycles. The molecule has 2 heterocycles. The lowest BCUT2D eigenvalue weighted by Crippen LogP contribution is -2.41. The average Bonchev–Trinajstić information content (AvgIpc) is 2.46. The third-order valence-electron chi connectivity index (χ3n) is 3.80. The standard InChI is InChI=1S/C11H18BN3O4S/c1-10(2)11(3,4)19-12(18-10)7-5-15-6-8(9(7)13)20(14,16)17/h5-6H,1-4H3,(H2,13,15)(H2,14,16,17). The molecule has 0 spiro atoms. The molecule has 0 amide bonds. The fourth-order valence-electron chi connectivity index (χ4n) is 1.85. The van der Waals surface area contributed by atoms with Crippen LogP contribution < -0.4 is 16.3 Å². The summed E-state index contributed by atoms with van der Waals surface area (Å²) < 4.78 is 34.5. The second kappa shape index (κ2) is 4.42. The molecular formula is C11H18BN3O4S. The molecular weight excluding hydrogens is 281 g/mol. The summed E-state index contributed by atoms with van der Waals surface area (Å²) in [6, 6.07) is 0. The van der Waals surface area contributed by atoms with Crippen LogP contribution in [0.3, 0.4) is 0 Å². The minimum atomic E-state index is -3.94. The Kier molecular flexibility index (Phi) is 3.37. The van der Waals surface area contributed by atoms with E-state index in [9.17, 15) is 8.42 Å². The first-order valence-electron chi connectivity index (χ1n) is 6.07. The van der Waals surface area contributed by atoms with E-state index in [-0.39, 0.29) is 10.6 Å². The van der Waals surface area contributed by atoms with Gasteiger partial charge in [0, 0.05) is 17.9 Å². The number of primary sulfonamides is 1. The number of hydrogen-bond donors (Lipinski definition) is 2. The number of nitrogens with two attached hydrogens (primary N) is 2. The maximum atomic E-state index is 11.5. The van der Waals surface area contributed by atoms with Gasteiger partial charge in [-0.15, -0.1) is 0 Å². The van der Waals surface area contributed by atoms with Gasteiger partial charge in [-0.25, -0.2) is 13.6 Å². The van der Waals surface area contributed by atoms with Crippen LogP contribution in [-0.2, 0) is 19.3 Å². The van der Waals surface area contributed by atoms with Crippen molar-refractivity contribution in [2.75, 3.05) is 5.73 Å². The van der Waals surface area contributed by atoms with E-state index in [1.165, 1.54) is 6.20 Å². The van der Waals surface area contributed by atoms with Crippen molar-refractivity contribution in [2.45, 2.75) is 43.8 Å². The van der Waals surface area contributed by atoms with Crippen LogP contribution in [0.25, 0.3) is 0 Å². The molecule has 1 aliphatic rings. The zero-order valence-corrected chi connectivity index (χ0v) is 12.7. The first-order chi connectivity index (χ1) is 8.96. The average molecular weight is 299 g/mol. The van der Waals surface area contributed by atoms with Crippen molar-refractivity contribution in [1.29, 1.82) is 0 Å². The van der Waals surface area contributed by atoms with Gasteiger partial charge in [-0.05, 0) is 27.7 Å². The molecule has 110 valence electrons. The Morgan fingerprint density at radius 3 is 2.10 bits per heavy atom. The lowest BCUT2D eigenvalue weighted by Gasteiger charge is -2.32. The van der Waals surface area contributed by atoms with E-state index >= 15 is 0 Å². The van der Waals surface area contributed by atoms with Gasteiger partial charge in [0.15, 0.2) is 0 Å². The minimum absolute atomic E-state index is 0.000926. The Labute approximate surface area is 118 Å². The highest BCUT2D eigenvalue weighted by Gasteiger charge is 2.52. The highest BCUT2D eigenvalue weighted by Crippen LogP contribution is 2.37. The van der Waals surface area contributed by atoms with E-state index in [1.54, 1.807) is 0 Å². The quantitative estimate of drug-likeness (QED) is 0.718. The van der Waals surface area contributed by atoms with Crippen molar-refractivity contribution in [2.24, 2.45) is 5.14 Å². The summed E-state index contributed by atoms with van der Waals surface area (Å²) in [6.45, 7) is 7.56. The highest BCUT2D eigenvalue weighted by molar-refractivity contribution is 7.89. The number of aromatic nitrogens is 1. The first kappa shape index (κ1) is 15.2. The van der Waals surface area contributed by atoms with E-state index in [1.807, 2.05) is 27.7 Å². The Hall–Kier alpha value is -1.16. The van der Waals surface area contributed by atoms with Gasteiger partial charge >= 0.3 is 7.12 Å². The van der Waals surface area contributed by atoms with E-state index in [4.69, 9.17) is 20.2 Å². The van der Waals surface area contributed by atoms with Gasteiger partial charge < -0.3 is 15.0 Å². The second-order valence-electron chi connectivity index (χ2n) is 5.77. The number of hydrogen-bond acceptors (Lipinski definition) is 6. The van der Waals surface area contributed by atoms with Crippen molar-refractivity contribution in [3.05, 3.63) is 12.4 Å². The normalized spacial score (nSPS) is 21.1. The van der Waals surface area contributed by atoms with Crippen molar-refractivity contribution < 1.29 is 17.7 Å². The third kappa shape index (κ3) is 2.42. The molecule has 1 saturated heterocycles. The topological polar surface area (TPSA) is 118 Å². The third-order valence-corrected chi connectivity index (χ3v) is 4.73. The fourth-order valence-corrected chi connectivity index (χ4v) is 2.48. The summed E-state index contributed by atoms with van der Waals surface area (Å²) in [5.41, 5.74) is 5.12. The number of rotatable bonds is 2. The second-order valence-corrected chi connectivity index (χ2v) is 7.30. The zero-order valence-electron chi connectivity index (χ0n) is 11.9. The molecule has 0 aromatic carbocycles. The van der Waals surface area contributed by atoms with E-state index in [0.29, 0.717) is 5.46 Å². The van der Waals surface area contributed by atoms with Gasteiger partial charge in [0.05, 0.1) is 16.9 Å². The van der Waals surface area contributed by atoms with Crippen LogP contribution in [-0.4, -0.2) is 31.7 Å². The Bertz CT molecular complexity index is 629. The van der Waals surface area contributed by atoms with E-state index in [2.05, 4.69) is 4.98 Å². The van der Waals surface area contributed by atoms with Crippen molar-refractivity contribution >= 4 is 28.3 Å². The largest absolute Gasteiger partial charge is 0.498 e. The Morgan fingerprint density at radius 1 is 1.15 bits per heavy atom. The van der Waals surface area contributed by atoms with Crippen LogP contribution >= 0.6 is 0 Å². The monoisotopic (exact) mass is 299 g/mol. The molecule has 20 heavy (non-hydrogen) atoms. The molecule has 0 bridgehead atoms. The summed E-state index contributed by atoms with van der Waals surface area (Å²) in [6.07, 6.45) is 2.53. The van der Waals surface area contributed by atoms with E-state index < -0.39 is 28.3 Å². The predicted octanol–water partition coefficient (Wildman–Crippen LogP) is -0.390. The van der Waals surface area contributed by atoms with Gasteiger partial charge in [-0.2, -0.15) is 0 Å². The molecule has 1 fully saturated rings. The molecule has 7 nitrogen and oxygen atoms in total. The summed E-state index contributed by atoms with van der Waals surface area (Å²) >= 11 is 0. The van der Waals surface area contributed by atoms with Crippen LogP contribution in [0.5, 0.6) is 0 Å². The lowest BCUT2D eigenvalue weighted by molar-refractivity contribution is 0.00578. The van der Waals surface area contributed by atoms with Crippen molar-refractivity contribution in [3.63, 3.8) is 0 Å². The van der Waals surface area contributed by atoms with Gasteiger partial charge in [0.2, 0.25) is 10.0 Å². The smallest absolute Gasteiger partial charge is 0.399 e. The van der Waals surface area contributed by atoms with Gasteiger partial charge in [-0.3, -0.25) is 4.98 Å². The van der Waals surface area contributed by atoms with Crippen LogP contribution in [0.1, 0.15) is 27.7 Å². The zero-order chi connectivity index (χ0) is 15.3. The summed E-state index contributed by atoms with van der Waals surface area (Å²) in [7, 11) is -4.72. The maximum absolute atomic E-state index is 11.5. The van der Waals surface area contributed by atoms with Crippen LogP contribution in [0.4, 0.5) is 5.69 Å². The molecule has 0 radical (unpaired) electrons. The molecule has 1 aliphatic heterocycles. The number of nitrogen functional groups attached to an aromatic ring is 1. The van der Waals surface area contributed by atoms with Gasteiger partial charge in [0.1, 0.15) is 4.90 Å². The molecule has 4 N–H and O–H groups in total. The minimum Gasteiger partial charge on any atom is -0.399 e. The van der Waals surface area contributed by atoms with Gasteiger partial charge in [0.25, 0.3) is 0 Å². The Morgan fingerprint density at radius 2 is 1.65 bits per heavy atom. The fraction of sp³-hybridized carbons (Fsp3) is 0.545. The summed E-state index contributed by atoms with van der Waals surface area (Å²) in [5.74, 6) is 0. The molecule has 9 heteroatoms. The predicted molar refractivity (Wildman–Crippen MR) is 75.7 cm³/mol. The molecule has 0 unspecified atom stereocenters. The molecule has 0 atom stereocenters. The number of sulfonamides is 1. The maximum Gasteiger partial charge on any atom is 0.498 e. The summed E-state index contributed by atoms with van der Waals surface area (Å²) in [4.78, 5) is 3.62. The van der Waals surface area contributed by atoms with E-state index in [0.717, 1.165) is 6.20 Å². The highest BCUT2D eigenvalue weighted by atomic mass is 32.2. The molecule has 1 aromatic rings. The first-order valence-corrected chi connectivity index (χ1v) is 7.62.